The summed E-state index contributed by atoms with van der Waals surface area (Å²) in [5, 5.41) is 0. The smallest absolute Gasteiger partial charge is 0.315 e. The van der Waals surface area contributed by atoms with Crippen LogP contribution in [0.2, 0.25) is 0 Å². The molecule has 0 saturated heterocycles. The minimum absolute atomic E-state index is 0.0779. The van der Waals surface area contributed by atoms with E-state index in [1.807, 2.05) is 49.4 Å². The summed E-state index contributed by atoms with van der Waals surface area (Å²) in [6.07, 6.45) is 1.14. The van der Waals surface area contributed by atoms with Gasteiger partial charge in [-0.15, -0.1) is 0 Å². The Morgan fingerprint density at radius 2 is 1.79 bits per heavy atom. The van der Waals surface area contributed by atoms with E-state index in [0.29, 0.717) is 24.1 Å². The average Bonchev–Trinajstić information content (AvgIpc) is 2.72. The maximum absolute atomic E-state index is 13.4. The van der Waals surface area contributed by atoms with Crippen LogP contribution in [0.5, 0.6) is 0 Å². The minimum atomic E-state index is -0.575. The second-order valence-electron chi connectivity index (χ2n) is 7.59. The molecule has 5 heteroatoms. The van der Waals surface area contributed by atoms with E-state index in [2.05, 4.69) is 34.7 Å². The SMILES string of the molecule is COC(=O)C1C(C)=NC2=C(C(=O)C[C@H](c3ccccc3)C2)[C@@H]1c1cccc(I)c1. The Kier molecular flexibility index (Phi) is 5.67. The molecule has 0 fully saturated rings. The van der Waals surface area contributed by atoms with Crippen LogP contribution in [0, 0.1) is 9.49 Å². The van der Waals surface area contributed by atoms with Crippen molar-refractivity contribution in [1.82, 2.24) is 0 Å². The van der Waals surface area contributed by atoms with E-state index in [4.69, 9.17) is 9.73 Å². The second-order valence-corrected chi connectivity index (χ2v) is 8.83. The van der Waals surface area contributed by atoms with Crippen LogP contribution >= 0.6 is 22.6 Å². The van der Waals surface area contributed by atoms with Crippen molar-refractivity contribution in [2.75, 3.05) is 7.11 Å². The first kappa shape index (κ1) is 20.0. The van der Waals surface area contributed by atoms with E-state index in [1.54, 1.807) is 0 Å². The maximum atomic E-state index is 13.4. The third-order valence-corrected chi connectivity index (χ3v) is 6.49. The highest BCUT2D eigenvalue weighted by molar-refractivity contribution is 14.1. The number of carbonyl (C=O) groups excluding carboxylic acids is 2. The Hall–Kier alpha value is -2.28. The quantitative estimate of drug-likeness (QED) is 0.440. The molecule has 148 valence electrons. The molecule has 0 spiro atoms. The summed E-state index contributed by atoms with van der Waals surface area (Å²) in [7, 11) is 1.39. The van der Waals surface area contributed by atoms with Gasteiger partial charge in [0.25, 0.3) is 0 Å². The van der Waals surface area contributed by atoms with E-state index in [0.717, 1.165) is 20.4 Å². The lowest BCUT2D eigenvalue weighted by Gasteiger charge is -2.36. The summed E-state index contributed by atoms with van der Waals surface area (Å²) in [4.78, 5) is 30.8. The molecule has 1 aliphatic heterocycles. The molecular weight excluding hydrogens is 477 g/mol. The molecule has 4 nitrogen and oxygen atoms in total. The van der Waals surface area contributed by atoms with Gasteiger partial charge in [0.15, 0.2) is 5.78 Å². The molecule has 0 amide bonds. The highest BCUT2D eigenvalue weighted by atomic mass is 127. The Bertz CT molecular complexity index is 1030. The fraction of sp³-hybridized carbons (Fsp3) is 0.292. The molecular formula is C24H22INO3. The Morgan fingerprint density at radius 3 is 2.48 bits per heavy atom. The van der Waals surface area contributed by atoms with Gasteiger partial charge in [0.05, 0.1) is 7.11 Å². The molecule has 2 aromatic carbocycles. The number of halogens is 1. The van der Waals surface area contributed by atoms with Gasteiger partial charge in [-0.3, -0.25) is 14.6 Å². The first-order chi connectivity index (χ1) is 14.0. The lowest BCUT2D eigenvalue weighted by atomic mass is 9.69. The van der Waals surface area contributed by atoms with Crippen molar-refractivity contribution in [3.05, 3.63) is 80.6 Å². The predicted molar refractivity (Wildman–Crippen MR) is 121 cm³/mol. The molecule has 3 atom stereocenters. The van der Waals surface area contributed by atoms with Crippen molar-refractivity contribution in [3.63, 3.8) is 0 Å². The van der Waals surface area contributed by atoms with Crippen LogP contribution in [0.3, 0.4) is 0 Å². The lowest BCUT2D eigenvalue weighted by molar-refractivity contribution is -0.143. The summed E-state index contributed by atoms with van der Waals surface area (Å²) >= 11 is 2.26. The van der Waals surface area contributed by atoms with E-state index >= 15 is 0 Å². The van der Waals surface area contributed by atoms with Crippen LogP contribution < -0.4 is 0 Å². The number of nitrogens with zero attached hydrogens (tertiary/aromatic N) is 1. The van der Waals surface area contributed by atoms with Crippen molar-refractivity contribution in [1.29, 1.82) is 0 Å². The molecule has 29 heavy (non-hydrogen) atoms. The zero-order chi connectivity index (χ0) is 20.5. The van der Waals surface area contributed by atoms with Gasteiger partial charge in [0.2, 0.25) is 0 Å². The van der Waals surface area contributed by atoms with Gasteiger partial charge < -0.3 is 4.74 Å². The van der Waals surface area contributed by atoms with E-state index in [-0.39, 0.29) is 23.6 Å². The maximum Gasteiger partial charge on any atom is 0.315 e. The molecule has 0 bridgehead atoms. The van der Waals surface area contributed by atoms with Crippen LogP contribution in [0.25, 0.3) is 0 Å². The highest BCUT2D eigenvalue weighted by Crippen LogP contribution is 2.46. The molecule has 0 N–H and O–H groups in total. The monoisotopic (exact) mass is 499 g/mol. The molecule has 2 aromatic rings. The van der Waals surface area contributed by atoms with Crippen LogP contribution in [0.4, 0.5) is 0 Å². The standard InChI is InChI=1S/C24H22INO3/c1-14-21(24(28)29-2)22(16-9-6-10-18(25)11-16)23-19(26-14)12-17(13-20(23)27)15-7-4-3-5-8-15/h3-11,17,21-22H,12-13H2,1-2H3/t17-,21?,22-/m1/s1. The van der Waals surface area contributed by atoms with E-state index in [9.17, 15) is 9.59 Å². The topological polar surface area (TPSA) is 55.7 Å². The molecule has 1 heterocycles. The summed E-state index contributed by atoms with van der Waals surface area (Å²) in [5.74, 6) is -1.08. The molecule has 2 aliphatic rings. The molecule has 1 aliphatic carbocycles. The van der Waals surface area contributed by atoms with Crippen LogP contribution in [0.15, 0.2) is 70.9 Å². The van der Waals surface area contributed by atoms with Gasteiger partial charge in [-0.25, -0.2) is 0 Å². The van der Waals surface area contributed by atoms with Crippen molar-refractivity contribution >= 4 is 40.1 Å². The number of methoxy groups -OCH3 is 1. The Balaban J connectivity index is 1.83. The molecule has 0 radical (unpaired) electrons. The van der Waals surface area contributed by atoms with E-state index < -0.39 is 5.92 Å². The van der Waals surface area contributed by atoms with Gasteiger partial charge in [-0.1, -0.05) is 42.5 Å². The number of ketones is 1. The number of hydrogen-bond donors (Lipinski definition) is 0. The van der Waals surface area contributed by atoms with Crippen molar-refractivity contribution in [2.24, 2.45) is 10.9 Å². The van der Waals surface area contributed by atoms with Crippen molar-refractivity contribution < 1.29 is 14.3 Å². The molecule has 4 rings (SSSR count). The number of rotatable bonds is 3. The Labute approximate surface area is 184 Å². The first-order valence-corrected chi connectivity index (χ1v) is 10.8. The van der Waals surface area contributed by atoms with Gasteiger partial charge >= 0.3 is 5.97 Å². The number of ether oxygens (including phenoxy) is 1. The number of benzene rings is 2. The number of carbonyl (C=O) groups is 2. The Morgan fingerprint density at radius 1 is 1.07 bits per heavy atom. The molecule has 0 saturated carbocycles. The predicted octanol–water partition coefficient (Wildman–Crippen LogP) is 5.04. The average molecular weight is 499 g/mol. The second kappa shape index (κ2) is 8.22. The number of hydrogen-bond acceptors (Lipinski definition) is 4. The fourth-order valence-corrected chi connectivity index (χ4v) is 5.08. The third-order valence-electron chi connectivity index (χ3n) is 5.82. The van der Waals surface area contributed by atoms with Crippen LogP contribution in [-0.4, -0.2) is 24.6 Å². The highest BCUT2D eigenvalue weighted by Gasteiger charge is 2.44. The van der Waals surface area contributed by atoms with Crippen LogP contribution in [0.1, 0.15) is 42.7 Å². The summed E-state index contributed by atoms with van der Waals surface area (Å²) in [6.45, 7) is 1.86. The lowest BCUT2D eigenvalue weighted by Crippen LogP contribution is -2.37. The third kappa shape index (κ3) is 3.80. The minimum Gasteiger partial charge on any atom is -0.468 e. The zero-order valence-corrected chi connectivity index (χ0v) is 18.5. The zero-order valence-electron chi connectivity index (χ0n) is 16.4. The molecule has 0 aromatic heterocycles. The number of aliphatic imine (C=N–C) groups is 1. The number of Topliss-reactive ketones (excluding diaryl/α,β-unsaturated/α-hetero) is 1. The summed E-state index contributed by atoms with van der Waals surface area (Å²) in [5.41, 5.74) is 4.32. The van der Waals surface area contributed by atoms with Crippen molar-refractivity contribution in [2.45, 2.75) is 31.6 Å². The van der Waals surface area contributed by atoms with Gasteiger partial charge in [-0.2, -0.15) is 0 Å². The molecule has 1 unspecified atom stereocenters. The van der Waals surface area contributed by atoms with Gasteiger partial charge in [0.1, 0.15) is 5.92 Å². The normalized spacial score (nSPS) is 24.0. The van der Waals surface area contributed by atoms with Gasteiger partial charge in [0, 0.05) is 32.9 Å². The first-order valence-electron chi connectivity index (χ1n) is 9.69. The van der Waals surface area contributed by atoms with Crippen LogP contribution in [-0.2, 0) is 14.3 Å². The number of esters is 1. The largest absolute Gasteiger partial charge is 0.468 e. The van der Waals surface area contributed by atoms with Gasteiger partial charge in [-0.05, 0) is 65.1 Å². The summed E-state index contributed by atoms with van der Waals surface area (Å²) < 4.78 is 6.16. The fourth-order valence-electron chi connectivity index (χ4n) is 4.51. The van der Waals surface area contributed by atoms with Crippen molar-refractivity contribution in [3.8, 4) is 0 Å². The summed E-state index contributed by atoms with van der Waals surface area (Å²) in [6, 6.07) is 18.1. The van der Waals surface area contributed by atoms with E-state index in [1.165, 1.54) is 7.11 Å². The number of allylic oxidation sites excluding steroid dienone is 2.